The highest BCUT2D eigenvalue weighted by atomic mass is 127. The monoisotopic (exact) mass is 257 g/mol. The first-order valence-corrected chi connectivity index (χ1v) is 3.17. The summed E-state index contributed by atoms with van der Waals surface area (Å²) >= 11 is 2.03. The first-order chi connectivity index (χ1) is 3.80. The van der Waals surface area contributed by atoms with Gasteiger partial charge < -0.3 is 5.11 Å². The van der Waals surface area contributed by atoms with Crippen LogP contribution in [0.1, 0.15) is 0 Å². The van der Waals surface area contributed by atoms with E-state index in [0.29, 0.717) is 0 Å². The lowest BCUT2D eigenvalue weighted by Crippen LogP contribution is -1.72. The van der Waals surface area contributed by atoms with E-state index in [1.807, 2.05) is 22.6 Å². The Morgan fingerprint density at radius 2 is 2.22 bits per heavy atom. The second kappa shape index (κ2) is 3.90. The van der Waals surface area contributed by atoms with Crippen LogP contribution in [-0.4, -0.2) is 10.1 Å². The molecule has 0 unspecified atom stereocenters. The molecule has 1 aromatic heterocycles. The normalized spacial score (nSPS) is 8.11. The summed E-state index contributed by atoms with van der Waals surface area (Å²) in [5.74, 6) is 0.244. The first kappa shape index (κ1) is 8.97. The van der Waals surface area contributed by atoms with Gasteiger partial charge in [0.15, 0.2) is 0 Å². The first-order valence-electron chi connectivity index (χ1n) is 2.09. The van der Waals surface area contributed by atoms with Crippen molar-refractivity contribution in [2.75, 3.05) is 0 Å². The van der Waals surface area contributed by atoms with Crippen molar-refractivity contribution in [1.82, 2.24) is 4.98 Å². The lowest BCUT2D eigenvalue weighted by atomic mass is 10.5. The van der Waals surface area contributed by atoms with Crippen LogP contribution in [0.2, 0.25) is 0 Å². The van der Waals surface area contributed by atoms with Crippen molar-refractivity contribution in [2.24, 2.45) is 0 Å². The zero-order valence-corrected chi connectivity index (χ0v) is 7.39. The molecule has 1 N–H and O–H groups in total. The predicted octanol–water partition coefficient (Wildman–Crippen LogP) is 1.81. The van der Waals surface area contributed by atoms with Gasteiger partial charge in [-0.2, -0.15) is 0 Å². The molecule has 0 aliphatic heterocycles. The molecule has 0 spiro atoms. The minimum Gasteiger partial charge on any atom is -0.505 e. The third kappa shape index (κ3) is 2.36. The van der Waals surface area contributed by atoms with Crippen LogP contribution in [0.5, 0.6) is 5.75 Å². The average Bonchev–Trinajstić information content (AvgIpc) is 1.77. The standard InChI is InChI=1S/C5H4INO.ClH/c6-4-1-2-7-3-5(4)8;/h1-3,8H;1H. The zero-order valence-electron chi connectivity index (χ0n) is 4.41. The fourth-order valence-electron chi connectivity index (χ4n) is 0.369. The zero-order chi connectivity index (χ0) is 5.98. The minimum atomic E-state index is 0. The van der Waals surface area contributed by atoms with Crippen molar-refractivity contribution in [3.05, 3.63) is 22.0 Å². The van der Waals surface area contributed by atoms with Crippen LogP contribution in [0.25, 0.3) is 0 Å². The molecule has 0 aromatic carbocycles. The van der Waals surface area contributed by atoms with Gasteiger partial charge in [0, 0.05) is 6.20 Å². The number of aromatic nitrogens is 1. The summed E-state index contributed by atoms with van der Waals surface area (Å²) < 4.78 is 0.831. The van der Waals surface area contributed by atoms with Crippen LogP contribution < -0.4 is 0 Å². The van der Waals surface area contributed by atoms with Crippen LogP contribution in [0, 0.1) is 3.57 Å². The van der Waals surface area contributed by atoms with E-state index >= 15 is 0 Å². The molecular weight excluding hydrogens is 252 g/mol. The molecule has 1 aromatic rings. The van der Waals surface area contributed by atoms with Gasteiger partial charge in [0.05, 0.1) is 9.77 Å². The number of rotatable bonds is 0. The molecule has 0 radical (unpaired) electrons. The lowest BCUT2D eigenvalue weighted by molar-refractivity contribution is 0.469. The van der Waals surface area contributed by atoms with Gasteiger partial charge in [-0.15, -0.1) is 12.4 Å². The molecule has 0 atom stereocenters. The van der Waals surface area contributed by atoms with E-state index in [-0.39, 0.29) is 18.2 Å². The Balaban J connectivity index is 0.000000640. The van der Waals surface area contributed by atoms with Gasteiger partial charge in [-0.1, -0.05) is 0 Å². The van der Waals surface area contributed by atoms with Crippen LogP contribution in [0.4, 0.5) is 0 Å². The molecular formula is C5H5ClINO. The fraction of sp³-hybridized carbons (Fsp3) is 0. The Kier molecular flexibility index (Phi) is 3.88. The maximum Gasteiger partial charge on any atom is 0.147 e. The van der Waals surface area contributed by atoms with Gasteiger partial charge in [-0.3, -0.25) is 4.98 Å². The van der Waals surface area contributed by atoms with Gasteiger partial charge in [0.1, 0.15) is 5.75 Å². The van der Waals surface area contributed by atoms with E-state index in [0.717, 1.165) is 3.57 Å². The van der Waals surface area contributed by atoms with Gasteiger partial charge in [-0.05, 0) is 28.7 Å². The Labute approximate surface area is 72.9 Å². The molecule has 50 valence electrons. The van der Waals surface area contributed by atoms with Crippen molar-refractivity contribution in [3.8, 4) is 5.75 Å². The van der Waals surface area contributed by atoms with Gasteiger partial charge in [0.25, 0.3) is 0 Å². The van der Waals surface area contributed by atoms with E-state index in [1.165, 1.54) is 6.20 Å². The summed E-state index contributed by atoms with van der Waals surface area (Å²) in [7, 11) is 0. The van der Waals surface area contributed by atoms with Crippen LogP contribution >= 0.6 is 35.0 Å². The number of halogens is 2. The topological polar surface area (TPSA) is 33.1 Å². The lowest BCUT2D eigenvalue weighted by Gasteiger charge is -1.89. The predicted molar refractivity (Wildman–Crippen MR) is 45.9 cm³/mol. The number of hydrogen-bond acceptors (Lipinski definition) is 2. The molecule has 1 heterocycles. The summed E-state index contributed by atoms with van der Waals surface area (Å²) in [6, 6.07) is 1.75. The summed E-state index contributed by atoms with van der Waals surface area (Å²) in [5, 5.41) is 8.85. The van der Waals surface area contributed by atoms with Gasteiger partial charge in [0.2, 0.25) is 0 Å². The van der Waals surface area contributed by atoms with Gasteiger partial charge >= 0.3 is 0 Å². The molecule has 0 saturated heterocycles. The SMILES string of the molecule is Cl.Oc1cnccc1I. The molecule has 1 rings (SSSR count). The van der Waals surface area contributed by atoms with E-state index in [2.05, 4.69) is 4.98 Å². The summed E-state index contributed by atoms with van der Waals surface area (Å²) in [4.78, 5) is 3.69. The average molecular weight is 257 g/mol. The summed E-state index contributed by atoms with van der Waals surface area (Å²) in [6.07, 6.45) is 3.06. The Morgan fingerprint density at radius 3 is 2.56 bits per heavy atom. The van der Waals surface area contributed by atoms with Crippen molar-refractivity contribution in [1.29, 1.82) is 0 Å². The van der Waals surface area contributed by atoms with E-state index in [4.69, 9.17) is 5.11 Å². The van der Waals surface area contributed by atoms with E-state index in [9.17, 15) is 0 Å². The molecule has 0 fully saturated rings. The van der Waals surface area contributed by atoms with Crippen molar-refractivity contribution >= 4 is 35.0 Å². The smallest absolute Gasteiger partial charge is 0.147 e. The largest absolute Gasteiger partial charge is 0.505 e. The Hall–Kier alpha value is -0.0300. The quantitative estimate of drug-likeness (QED) is 0.719. The van der Waals surface area contributed by atoms with E-state index < -0.39 is 0 Å². The molecule has 9 heavy (non-hydrogen) atoms. The molecule has 0 amide bonds. The highest BCUT2D eigenvalue weighted by Gasteiger charge is 1.90. The molecule has 0 saturated carbocycles. The minimum absolute atomic E-state index is 0. The maximum atomic E-state index is 8.85. The molecule has 0 aliphatic carbocycles. The molecule has 2 nitrogen and oxygen atoms in total. The van der Waals surface area contributed by atoms with Crippen LogP contribution in [-0.2, 0) is 0 Å². The van der Waals surface area contributed by atoms with E-state index in [1.54, 1.807) is 12.3 Å². The fourth-order valence-corrected chi connectivity index (χ4v) is 0.669. The summed E-state index contributed by atoms with van der Waals surface area (Å²) in [5.41, 5.74) is 0. The van der Waals surface area contributed by atoms with Crippen molar-refractivity contribution in [3.63, 3.8) is 0 Å². The third-order valence-electron chi connectivity index (χ3n) is 0.748. The molecule has 0 bridgehead atoms. The number of pyridine rings is 1. The van der Waals surface area contributed by atoms with Crippen molar-refractivity contribution in [2.45, 2.75) is 0 Å². The highest BCUT2D eigenvalue weighted by molar-refractivity contribution is 14.1. The number of aromatic hydroxyl groups is 1. The highest BCUT2D eigenvalue weighted by Crippen LogP contribution is 2.14. The van der Waals surface area contributed by atoms with Gasteiger partial charge in [-0.25, -0.2) is 0 Å². The second-order valence-corrected chi connectivity index (χ2v) is 2.49. The Bertz CT molecular complexity index is 173. The molecule has 0 aliphatic rings. The number of nitrogens with zero attached hydrogens (tertiary/aromatic N) is 1. The maximum absolute atomic E-state index is 8.85. The third-order valence-corrected chi connectivity index (χ3v) is 1.66. The second-order valence-electron chi connectivity index (χ2n) is 1.33. The number of hydrogen-bond donors (Lipinski definition) is 1. The Morgan fingerprint density at radius 1 is 1.56 bits per heavy atom. The van der Waals surface area contributed by atoms with Crippen LogP contribution in [0.15, 0.2) is 18.5 Å². The van der Waals surface area contributed by atoms with Crippen molar-refractivity contribution < 1.29 is 5.11 Å². The summed E-state index contributed by atoms with van der Waals surface area (Å²) in [6.45, 7) is 0. The van der Waals surface area contributed by atoms with Crippen LogP contribution in [0.3, 0.4) is 0 Å². The molecule has 4 heteroatoms.